The van der Waals surface area contributed by atoms with Crippen LogP contribution in [-0.2, 0) is 4.79 Å². The molecule has 3 rings (SSSR count). The third-order valence-electron chi connectivity index (χ3n) is 4.77. The number of hydrogen-bond acceptors (Lipinski definition) is 2. The topological polar surface area (TPSA) is 38.3 Å². The summed E-state index contributed by atoms with van der Waals surface area (Å²) < 4.78 is 5.58. The number of nitrogens with one attached hydrogen (secondary N) is 1. The van der Waals surface area contributed by atoms with E-state index in [0.29, 0.717) is 23.1 Å². The lowest BCUT2D eigenvalue weighted by Gasteiger charge is -2.12. The van der Waals surface area contributed by atoms with Gasteiger partial charge in [0.1, 0.15) is 5.75 Å². The number of carbonyl (C=O) groups is 1. The molecule has 1 fully saturated rings. The highest BCUT2D eigenvalue weighted by Gasteiger charge is 2.62. The van der Waals surface area contributed by atoms with Crippen molar-refractivity contribution >= 4 is 23.2 Å². The first-order valence-electron chi connectivity index (χ1n) is 8.23. The van der Waals surface area contributed by atoms with Gasteiger partial charge in [0.15, 0.2) is 0 Å². The van der Waals surface area contributed by atoms with Crippen molar-refractivity contribution in [1.29, 1.82) is 0 Å². The van der Waals surface area contributed by atoms with Crippen LogP contribution in [-0.4, -0.2) is 12.5 Å². The number of halogens is 1. The lowest BCUT2D eigenvalue weighted by atomic mass is 10.0. The lowest BCUT2D eigenvalue weighted by molar-refractivity contribution is -0.118. The fourth-order valence-electron chi connectivity index (χ4n) is 3.50. The fraction of sp³-hybridized carbons (Fsp3) is 0.350. The van der Waals surface area contributed by atoms with Crippen LogP contribution in [0.4, 0.5) is 5.69 Å². The molecule has 0 aromatic heterocycles. The van der Waals surface area contributed by atoms with Gasteiger partial charge in [0, 0.05) is 10.9 Å². The molecule has 2 aromatic carbocycles. The zero-order valence-corrected chi connectivity index (χ0v) is 14.9. The van der Waals surface area contributed by atoms with Gasteiger partial charge in [-0.15, -0.1) is 0 Å². The molecule has 24 heavy (non-hydrogen) atoms. The molecule has 1 N–H and O–H groups in total. The number of amides is 1. The molecule has 0 spiro atoms. The Morgan fingerprint density at radius 3 is 2.58 bits per heavy atom. The molecule has 1 aliphatic rings. The molecule has 2 unspecified atom stereocenters. The van der Waals surface area contributed by atoms with Crippen LogP contribution in [0, 0.1) is 11.3 Å². The minimum atomic E-state index is -0.0617. The first kappa shape index (κ1) is 16.8. The van der Waals surface area contributed by atoms with Crippen molar-refractivity contribution < 1.29 is 9.53 Å². The summed E-state index contributed by atoms with van der Waals surface area (Å²) in [7, 11) is 0. The first-order chi connectivity index (χ1) is 11.4. The molecule has 126 valence electrons. The average molecular weight is 344 g/mol. The lowest BCUT2D eigenvalue weighted by Crippen LogP contribution is -2.17. The number of ether oxygens (including phenoxy) is 1. The fourth-order valence-corrected chi connectivity index (χ4v) is 3.67. The van der Waals surface area contributed by atoms with Gasteiger partial charge in [0.25, 0.3) is 0 Å². The average Bonchev–Trinajstić information content (AvgIpc) is 3.13. The van der Waals surface area contributed by atoms with E-state index in [1.807, 2.05) is 25.1 Å². The quantitative estimate of drug-likeness (QED) is 0.818. The Labute approximate surface area is 148 Å². The van der Waals surface area contributed by atoms with Gasteiger partial charge in [-0.25, -0.2) is 0 Å². The molecule has 1 saturated carbocycles. The third-order valence-corrected chi connectivity index (χ3v) is 5.00. The van der Waals surface area contributed by atoms with E-state index in [9.17, 15) is 4.79 Å². The Morgan fingerprint density at radius 2 is 1.92 bits per heavy atom. The summed E-state index contributed by atoms with van der Waals surface area (Å²) >= 11 is 6.07. The second-order valence-corrected chi connectivity index (χ2v) is 7.19. The number of rotatable bonds is 5. The molecule has 2 atom stereocenters. The smallest absolute Gasteiger partial charge is 0.228 e. The second kappa shape index (κ2) is 6.48. The molecule has 0 bridgehead atoms. The SMILES string of the molecule is CCOc1ccc(Cl)cc1NC(=O)C1C(c2ccccc2)C1(C)C. The molecule has 1 aliphatic carbocycles. The molecule has 0 saturated heterocycles. The summed E-state index contributed by atoms with van der Waals surface area (Å²) in [4.78, 5) is 12.8. The van der Waals surface area contributed by atoms with Gasteiger partial charge >= 0.3 is 0 Å². The van der Waals surface area contributed by atoms with Crippen molar-refractivity contribution in [3.63, 3.8) is 0 Å². The number of carbonyl (C=O) groups excluding carboxylic acids is 1. The molecule has 0 heterocycles. The molecule has 3 nitrogen and oxygen atoms in total. The van der Waals surface area contributed by atoms with Crippen LogP contribution in [0.1, 0.15) is 32.3 Å². The van der Waals surface area contributed by atoms with Crippen LogP contribution in [0.2, 0.25) is 5.02 Å². The van der Waals surface area contributed by atoms with Crippen molar-refractivity contribution in [3.8, 4) is 5.75 Å². The van der Waals surface area contributed by atoms with Crippen LogP contribution >= 0.6 is 11.6 Å². The summed E-state index contributed by atoms with van der Waals surface area (Å²) in [6.45, 7) is 6.72. The summed E-state index contributed by atoms with van der Waals surface area (Å²) in [6, 6.07) is 15.5. The predicted molar refractivity (Wildman–Crippen MR) is 97.7 cm³/mol. The predicted octanol–water partition coefficient (Wildman–Crippen LogP) is 5.12. The van der Waals surface area contributed by atoms with E-state index in [0.717, 1.165) is 0 Å². The van der Waals surface area contributed by atoms with Crippen molar-refractivity contribution in [2.75, 3.05) is 11.9 Å². The highest BCUT2D eigenvalue weighted by molar-refractivity contribution is 6.31. The van der Waals surface area contributed by atoms with Gasteiger partial charge in [0.2, 0.25) is 5.91 Å². The van der Waals surface area contributed by atoms with Gasteiger partial charge in [-0.2, -0.15) is 0 Å². The minimum absolute atomic E-state index is 0.0112. The summed E-state index contributed by atoms with van der Waals surface area (Å²) in [5, 5.41) is 3.58. The zero-order valence-electron chi connectivity index (χ0n) is 14.2. The normalized spacial score (nSPS) is 21.2. The molecule has 2 aromatic rings. The maximum atomic E-state index is 12.8. The summed E-state index contributed by atoms with van der Waals surface area (Å²) in [5.74, 6) is 0.823. The molecular formula is C20H22ClNO2. The summed E-state index contributed by atoms with van der Waals surface area (Å²) in [6.07, 6.45) is 0. The van der Waals surface area contributed by atoms with Crippen molar-refractivity contribution in [2.45, 2.75) is 26.7 Å². The van der Waals surface area contributed by atoms with Gasteiger partial charge in [-0.3, -0.25) is 4.79 Å². The van der Waals surface area contributed by atoms with E-state index in [1.54, 1.807) is 18.2 Å². The van der Waals surface area contributed by atoms with Crippen molar-refractivity contribution in [2.24, 2.45) is 11.3 Å². The van der Waals surface area contributed by atoms with E-state index < -0.39 is 0 Å². The van der Waals surface area contributed by atoms with Crippen molar-refractivity contribution in [1.82, 2.24) is 0 Å². The van der Waals surface area contributed by atoms with Gasteiger partial charge in [-0.05, 0) is 36.1 Å². The van der Waals surface area contributed by atoms with Crippen LogP contribution in [0.15, 0.2) is 48.5 Å². The Morgan fingerprint density at radius 1 is 1.21 bits per heavy atom. The monoisotopic (exact) mass is 343 g/mol. The molecular weight excluding hydrogens is 322 g/mol. The number of hydrogen-bond donors (Lipinski definition) is 1. The van der Waals surface area contributed by atoms with Gasteiger partial charge in [0.05, 0.1) is 18.2 Å². The van der Waals surface area contributed by atoms with E-state index in [1.165, 1.54) is 5.56 Å². The Balaban J connectivity index is 1.80. The maximum absolute atomic E-state index is 12.8. The van der Waals surface area contributed by atoms with E-state index in [4.69, 9.17) is 16.3 Å². The first-order valence-corrected chi connectivity index (χ1v) is 8.61. The molecule has 4 heteroatoms. The van der Waals surface area contributed by atoms with Gasteiger partial charge in [-0.1, -0.05) is 55.8 Å². The van der Waals surface area contributed by atoms with E-state index in [2.05, 4.69) is 31.3 Å². The second-order valence-electron chi connectivity index (χ2n) is 6.75. The number of benzene rings is 2. The Bertz CT molecular complexity index is 743. The summed E-state index contributed by atoms with van der Waals surface area (Å²) in [5.41, 5.74) is 1.78. The van der Waals surface area contributed by atoms with Crippen LogP contribution in [0.3, 0.4) is 0 Å². The Kier molecular flexibility index (Phi) is 4.55. The van der Waals surface area contributed by atoms with Crippen molar-refractivity contribution in [3.05, 3.63) is 59.1 Å². The minimum Gasteiger partial charge on any atom is -0.492 e. The zero-order chi connectivity index (χ0) is 17.3. The standard InChI is InChI=1S/C20H22ClNO2/c1-4-24-16-11-10-14(21)12-15(16)22-19(23)18-17(20(18,2)3)13-8-6-5-7-9-13/h5-12,17-18H,4H2,1-3H3,(H,22,23). The Hall–Kier alpha value is -2.00. The largest absolute Gasteiger partial charge is 0.492 e. The van der Waals surface area contributed by atoms with Crippen LogP contribution < -0.4 is 10.1 Å². The van der Waals surface area contributed by atoms with Gasteiger partial charge < -0.3 is 10.1 Å². The number of anilines is 1. The molecule has 0 aliphatic heterocycles. The highest BCUT2D eigenvalue weighted by Crippen LogP contribution is 2.64. The van der Waals surface area contributed by atoms with E-state index >= 15 is 0 Å². The van der Waals surface area contributed by atoms with Crippen LogP contribution in [0.25, 0.3) is 0 Å². The molecule has 0 radical (unpaired) electrons. The van der Waals surface area contributed by atoms with E-state index in [-0.39, 0.29) is 23.2 Å². The van der Waals surface area contributed by atoms with Crippen LogP contribution in [0.5, 0.6) is 5.75 Å². The molecule has 1 amide bonds. The maximum Gasteiger partial charge on any atom is 0.228 e. The third kappa shape index (κ3) is 3.13. The highest BCUT2D eigenvalue weighted by atomic mass is 35.5.